The lowest BCUT2D eigenvalue weighted by atomic mass is 9.80. The molecule has 4 atom stereocenters. The van der Waals surface area contributed by atoms with Crippen LogP contribution in [-0.2, 0) is 47.5 Å². The van der Waals surface area contributed by atoms with Crippen molar-refractivity contribution < 1.29 is 53.2 Å². The van der Waals surface area contributed by atoms with Crippen LogP contribution in [0.4, 0.5) is 26.3 Å². The summed E-state index contributed by atoms with van der Waals surface area (Å²) in [6, 6.07) is 19.1. The normalized spacial score (nSPS) is 20.4. The fraction of sp³-hybridized carbons (Fsp3) is 0.419. The zero-order valence-electron chi connectivity index (χ0n) is 23.7. The van der Waals surface area contributed by atoms with Crippen molar-refractivity contribution in [3.63, 3.8) is 0 Å². The van der Waals surface area contributed by atoms with Crippen molar-refractivity contribution in [1.82, 2.24) is 0 Å². The molecule has 1 unspecified atom stereocenters. The van der Waals surface area contributed by atoms with Gasteiger partial charge in [-0.1, -0.05) is 60.7 Å². The molecule has 0 spiro atoms. The van der Waals surface area contributed by atoms with Gasteiger partial charge in [0, 0.05) is 5.92 Å². The first kappa shape index (κ1) is 33.9. The van der Waals surface area contributed by atoms with Gasteiger partial charge >= 0.3 is 12.4 Å². The number of rotatable bonds is 12. The second kappa shape index (κ2) is 14.4. The van der Waals surface area contributed by atoms with Gasteiger partial charge in [-0.3, -0.25) is 4.18 Å². The second-order valence-corrected chi connectivity index (χ2v) is 12.1. The van der Waals surface area contributed by atoms with Crippen LogP contribution in [0.2, 0.25) is 0 Å². The molecule has 0 radical (unpaired) electrons. The first-order valence-electron chi connectivity index (χ1n) is 13.8. The van der Waals surface area contributed by atoms with Crippen molar-refractivity contribution in [3.8, 4) is 0 Å². The Morgan fingerprint density at radius 1 is 0.886 bits per heavy atom. The average Bonchev–Trinajstić information content (AvgIpc) is 2.96. The van der Waals surface area contributed by atoms with Gasteiger partial charge < -0.3 is 14.2 Å². The molecule has 0 N–H and O–H groups in total. The number of alkyl halides is 6. The van der Waals surface area contributed by atoms with Gasteiger partial charge in [0.1, 0.15) is 6.10 Å². The molecule has 0 aromatic heterocycles. The SMILES string of the molecule is CS(=O)(=O)OCC[C@@H]1CCO[C@H](OCC(OCc2ccccc2)c2cc(C(F)(F)F)cc(C(F)(F)F)c2)[C@H]1c1ccccc1. The van der Waals surface area contributed by atoms with Gasteiger partial charge in [-0.15, -0.1) is 0 Å². The molecule has 44 heavy (non-hydrogen) atoms. The van der Waals surface area contributed by atoms with Crippen molar-refractivity contribution >= 4 is 10.1 Å². The van der Waals surface area contributed by atoms with Crippen LogP contribution < -0.4 is 0 Å². The van der Waals surface area contributed by atoms with E-state index in [1.165, 1.54) is 0 Å². The van der Waals surface area contributed by atoms with E-state index in [9.17, 15) is 34.8 Å². The summed E-state index contributed by atoms with van der Waals surface area (Å²) in [5.74, 6) is -0.595. The van der Waals surface area contributed by atoms with Crippen LogP contribution in [0.3, 0.4) is 0 Å². The van der Waals surface area contributed by atoms with E-state index in [4.69, 9.17) is 18.4 Å². The Balaban J connectivity index is 1.64. The van der Waals surface area contributed by atoms with Crippen molar-refractivity contribution in [2.45, 2.75) is 50.1 Å². The van der Waals surface area contributed by atoms with Crippen LogP contribution in [0.1, 0.15) is 52.7 Å². The van der Waals surface area contributed by atoms with Gasteiger partial charge in [0.25, 0.3) is 10.1 Å². The van der Waals surface area contributed by atoms with Gasteiger partial charge in [-0.2, -0.15) is 34.8 Å². The zero-order valence-corrected chi connectivity index (χ0v) is 24.5. The number of benzene rings is 3. The Morgan fingerprint density at radius 2 is 1.48 bits per heavy atom. The minimum atomic E-state index is -5.03. The fourth-order valence-corrected chi connectivity index (χ4v) is 5.53. The minimum absolute atomic E-state index is 0.0669. The first-order valence-corrected chi connectivity index (χ1v) is 15.6. The maximum absolute atomic E-state index is 13.7. The van der Waals surface area contributed by atoms with Gasteiger partial charge in [0.05, 0.1) is 43.8 Å². The molecule has 13 heteroatoms. The maximum atomic E-state index is 13.7. The number of hydrogen-bond donors (Lipinski definition) is 0. The van der Waals surface area contributed by atoms with E-state index in [1.807, 2.05) is 18.2 Å². The van der Waals surface area contributed by atoms with Crippen LogP contribution in [0.15, 0.2) is 78.9 Å². The molecule has 3 aromatic carbocycles. The Labute approximate surface area is 252 Å². The summed E-state index contributed by atoms with van der Waals surface area (Å²) in [5.41, 5.74) is -1.81. The maximum Gasteiger partial charge on any atom is 0.416 e. The summed E-state index contributed by atoms with van der Waals surface area (Å²) in [6.07, 6.45) is -10.5. The van der Waals surface area contributed by atoms with E-state index in [2.05, 4.69) is 0 Å². The fourth-order valence-electron chi connectivity index (χ4n) is 5.13. The lowest BCUT2D eigenvalue weighted by molar-refractivity contribution is -0.204. The predicted octanol–water partition coefficient (Wildman–Crippen LogP) is 7.51. The van der Waals surface area contributed by atoms with E-state index >= 15 is 0 Å². The molecule has 1 fully saturated rings. The average molecular weight is 647 g/mol. The third kappa shape index (κ3) is 9.77. The molecule has 0 saturated carbocycles. The topological polar surface area (TPSA) is 71.1 Å². The highest BCUT2D eigenvalue weighted by Gasteiger charge is 2.39. The summed E-state index contributed by atoms with van der Waals surface area (Å²) in [5, 5.41) is 0. The van der Waals surface area contributed by atoms with E-state index in [1.54, 1.807) is 42.5 Å². The monoisotopic (exact) mass is 646 g/mol. The van der Waals surface area contributed by atoms with Crippen molar-refractivity contribution in [3.05, 3.63) is 107 Å². The molecule has 1 aliphatic heterocycles. The molecule has 0 aliphatic carbocycles. The van der Waals surface area contributed by atoms with Gasteiger partial charge in [-0.05, 0) is 53.6 Å². The third-order valence-electron chi connectivity index (χ3n) is 7.23. The predicted molar refractivity (Wildman–Crippen MR) is 149 cm³/mol. The van der Waals surface area contributed by atoms with E-state index < -0.39 is 58.5 Å². The first-order chi connectivity index (χ1) is 20.7. The molecule has 3 aromatic rings. The molecule has 0 amide bonds. The molecule has 4 rings (SSSR count). The Hall–Kier alpha value is -2.97. The Bertz CT molecular complexity index is 1420. The quantitative estimate of drug-likeness (QED) is 0.150. The summed E-state index contributed by atoms with van der Waals surface area (Å²) < 4.78 is 128. The Kier molecular flexibility index (Phi) is 11.1. The summed E-state index contributed by atoms with van der Waals surface area (Å²) in [4.78, 5) is 0. The lowest BCUT2D eigenvalue weighted by Crippen LogP contribution is -2.38. The van der Waals surface area contributed by atoms with Gasteiger partial charge in [0.15, 0.2) is 6.29 Å². The largest absolute Gasteiger partial charge is 0.416 e. The smallest absolute Gasteiger partial charge is 0.366 e. The van der Waals surface area contributed by atoms with E-state index in [-0.39, 0.29) is 37.4 Å². The van der Waals surface area contributed by atoms with E-state index in [0.717, 1.165) is 11.8 Å². The van der Waals surface area contributed by atoms with Crippen molar-refractivity contribution in [2.75, 3.05) is 26.1 Å². The zero-order chi connectivity index (χ0) is 32.0. The number of halogens is 6. The second-order valence-electron chi connectivity index (χ2n) is 10.5. The summed E-state index contributed by atoms with van der Waals surface area (Å²) in [6.45, 7) is -0.376. The van der Waals surface area contributed by atoms with Crippen molar-refractivity contribution in [1.29, 1.82) is 0 Å². The van der Waals surface area contributed by atoms with E-state index in [0.29, 0.717) is 30.5 Å². The molecule has 1 aliphatic rings. The molecule has 0 bridgehead atoms. The van der Waals surface area contributed by atoms with Crippen LogP contribution in [0, 0.1) is 5.92 Å². The summed E-state index contributed by atoms with van der Waals surface area (Å²) in [7, 11) is -3.67. The number of ether oxygens (including phenoxy) is 3. The van der Waals surface area contributed by atoms with Gasteiger partial charge in [-0.25, -0.2) is 0 Å². The molecular weight excluding hydrogens is 614 g/mol. The van der Waals surface area contributed by atoms with Crippen LogP contribution in [0.25, 0.3) is 0 Å². The van der Waals surface area contributed by atoms with Crippen LogP contribution in [-0.4, -0.2) is 40.8 Å². The standard InChI is InChI=1S/C31H32F6O6S/c1-44(38,39)43-15-13-23-12-14-40-29(28(23)22-10-6-3-7-11-22)42-20-27(41-19-21-8-4-2-5-9-21)24-16-25(30(32,33)34)18-26(17-24)31(35,36)37/h2-11,16-18,23,27-29H,12-15,19-20H2,1H3/t23-,27?,28-,29+/m0/s1. The lowest BCUT2D eigenvalue weighted by Gasteiger charge is -2.39. The molecule has 240 valence electrons. The third-order valence-corrected chi connectivity index (χ3v) is 7.82. The minimum Gasteiger partial charge on any atom is -0.366 e. The highest BCUT2D eigenvalue weighted by Crippen LogP contribution is 2.41. The van der Waals surface area contributed by atoms with Crippen LogP contribution >= 0.6 is 0 Å². The summed E-state index contributed by atoms with van der Waals surface area (Å²) >= 11 is 0. The molecule has 1 saturated heterocycles. The highest BCUT2D eigenvalue weighted by atomic mass is 32.2. The molecule has 6 nitrogen and oxygen atoms in total. The molecular formula is C31H32F6O6S. The molecule has 1 heterocycles. The Morgan fingerprint density at radius 3 is 2.05 bits per heavy atom. The number of hydrogen-bond acceptors (Lipinski definition) is 6. The van der Waals surface area contributed by atoms with Gasteiger partial charge in [0.2, 0.25) is 0 Å². The highest BCUT2D eigenvalue weighted by molar-refractivity contribution is 7.85. The van der Waals surface area contributed by atoms with Crippen molar-refractivity contribution in [2.24, 2.45) is 5.92 Å². The van der Waals surface area contributed by atoms with Crippen LogP contribution in [0.5, 0.6) is 0 Å².